The lowest BCUT2D eigenvalue weighted by Gasteiger charge is -2.36. The van der Waals surface area contributed by atoms with Gasteiger partial charge in [-0.25, -0.2) is 0 Å². The maximum atomic E-state index is 3.56. The summed E-state index contributed by atoms with van der Waals surface area (Å²) in [5, 5.41) is 3.53. The molecule has 2 nitrogen and oxygen atoms in total. The second-order valence-electron chi connectivity index (χ2n) is 5.65. The number of nitrogens with one attached hydrogen (secondary N) is 1. The molecule has 0 bridgehead atoms. The van der Waals surface area contributed by atoms with Crippen molar-refractivity contribution in [2.45, 2.75) is 19.0 Å². The molecule has 2 aromatic carbocycles. The van der Waals surface area contributed by atoms with Gasteiger partial charge in [-0.2, -0.15) is 0 Å². The smallest absolute Gasteiger partial charge is 0.0265 e. The minimum atomic E-state index is 0.570. The predicted molar refractivity (Wildman–Crippen MR) is 91.4 cm³/mol. The molecular formula is C18H21BrN2. The normalized spacial score (nSPS) is 19.6. The number of halogens is 1. The summed E-state index contributed by atoms with van der Waals surface area (Å²) in [6.07, 6.45) is 1.11. The monoisotopic (exact) mass is 344 g/mol. The Kier molecular flexibility index (Phi) is 5.07. The Morgan fingerprint density at radius 2 is 1.86 bits per heavy atom. The first kappa shape index (κ1) is 14.8. The second kappa shape index (κ2) is 7.21. The molecule has 21 heavy (non-hydrogen) atoms. The molecule has 0 spiro atoms. The van der Waals surface area contributed by atoms with Crippen LogP contribution in [-0.4, -0.2) is 30.6 Å². The van der Waals surface area contributed by atoms with Crippen molar-refractivity contribution >= 4 is 15.9 Å². The van der Waals surface area contributed by atoms with E-state index in [1.54, 1.807) is 0 Å². The van der Waals surface area contributed by atoms with Crippen LogP contribution < -0.4 is 5.32 Å². The molecule has 110 valence electrons. The maximum Gasteiger partial charge on any atom is 0.0265 e. The summed E-state index contributed by atoms with van der Waals surface area (Å²) in [6.45, 7) is 4.30. The molecule has 1 saturated heterocycles. The summed E-state index contributed by atoms with van der Waals surface area (Å²) < 4.78 is 1.16. The number of piperazine rings is 1. The van der Waals surface area contributed by atoms with Gasteiger partial charge in [-0.05, 0) is 29.7 Å². The Hall–Kier alpha value is -1.16. The van der Waals surface area contributed by atoms with Gasteiger partial charge in [0, 0.05) is 36.7 Å². The molecular weight excluding hydrogens is 324 g/mol. The van der Waals surface area contributed by atoms with Gasteiger partial charge in [-0.15, -0.1) is 0 Å². The maximum absolute atomic E-state index is 3.56. The Morgan fingerprint density at radius 3 is 2.67 bits per heavy atom. The lowest BCUT2D eigenvalue weighted by atomic mass is 10.0. The molecule has 1 aliphatic heterocycles. The number of rotatable bonds is 4. The highest BCUT2D eigenvalue weighted by atomic mass is 79.9. The summed E-state index contributed by atoms with van der Waals surface area (Å²) in [6, 6.07) is 20.0. The minimum absolute atomic E-state index is 0.570. The SMILES string of the molecule is Brc1cccc(CN2CCNCC2Cc2ccccc2)c1. The van der Waals surface area contributed by atoms with Crippen molar-refractivity contribution in [3.8, 4) is 0 Å². The van der Waals surface area contributed by atoms with Gasteiger partial charge in [-0.3, -0.25) is 4.90 Å². The Balaban J connectivity index is 1.69. The summed E-state index contributed by atoms with van der Waals surface area (Å²) >= 11 is 3.56. The van der Waals surface area contributed by atoms with Crippen LogP contribution >= 0.6 is 15.9 Å². The highest BCUT2D eigenvalue weighted by Crippen LogP contribution is 2.17. The first-order valence-corrected chi connectivity index (χ1v) is 8.34. The Bertz CT molecular complexity index is 570. The topological polar surface area (TPSA) is 15.3 Å². The third kappa shape index (κ3) is 4.16. The van der Waals surface area contributed by atoms with E-state index in [4.69, 9.17) is 0 Å². The molecule has 1 aliphatic rings. The number of benzene rings is 2. The molecule has 0 radical (unpaired) electrons. The second-order valence-corrected chi connectivity index (χ2v) is 6.56. The van der Waals surface area contributed by atoms with Crippen LogP contribution in [0, 0.1) is 0 Å². The zero-order valence-corrected chi connectivity index (χ0v) is 13.7. The van der Waals surface area contributed by atoms with E-state index < -0.39 is 0 Å². The van der Waals surface area contributed by atoms with E-state index >= 15 is 0 Å². The standard InChI is InChI=1S/C18H21BrN2/c19-17-8-4-7-16(11-17)14-21-10-9-20-13-18(21)12-15-5-2-1-3-6-15/h1-8,11,18,20H,9-10,12-14H2. The molecule has 1 heterocycles. The predicted octanol–water partition coefficient (Wildman–Crippen LogP) is 3.47. The van der Waals surface area contributed by atoms with Crippen LogP contribution in [-0.2, 0) is 13.0 Å². The minimum Gasteiger partial charge on any atom is -0.314 e. The average molecular weight is 345 g/mol. The molecule has 3 heteroatoms. The third-order valence-corrected chi connectivity index (χ3v) is 4.55. The van der Waals surface area contributed by atoms with Gasteiger partial charge in [-0.1, -0.05) is 58.4 Å². The van der Waals surface area contributed by atoms with E-state index in [1.807, 2.05) is 0 Å². The van der Waals surface area contributed by atoms with Crippen LogP contribution in [0.2, 0.25) is 0 Å². The molecule has 0 aromatic heterocycles. The van der Waals surface area contributed by atoms with Gasteiger partial charge in [0.25, 0.3) is 0 Å². The van der Waals surface area contributed by atoms with Crippen molar-refractivity contribution < 1.29 is 0 Å². The van der Waals surface area contributed by atoms with Gasteiger partial charge in [0.2, 0.25) is 0 Å². The Morgan fingerprint density at radius 1 is 1.05 bits per heavy atom. The zero-order chi connectivity index (χ0) is 14.5. The Labute approximate surface area is 135 Å². The summed E-state index contributed by atoms with van der Waals surface area (Å²) in [5.41, 5.74) is 2.80. The van der Waals surface area contributed by atoms with Crippen LogP contribution in [0.1, 0.15) is 11.1 Å². The number of hydrogen-bond donors (Lipinski definition) is 1. The molecule has 0 saturated carbocycles. The van der Waals surface area contributed by atoms with Crippen LogP contribution in [0.5, 0.6) is 0 Å². The van der Waals surface area contributed by atoms with E-state index in [2.05, 4.69) is 80.7 Å². The lowest BCUT2D eigenvalue weighted by Crippen LogP contribution is -2.51. The van der Waals surface area contributed by atoms with Gasteiger partial charge >= 0.3 is 0 Å². The summed E-state index contributed by atoms with van der Waals surface area (Å²) in [7, 11) is 0. The van der Waals surface area contributed by atoms with Crippen LogP contribution in [0.15, 0.2) is 59.1 Å². The fourth-order valence-electron chi connectivity index (χ4n) is 2.97. The van der Waals surface area contributed by atoms with E-state index in [0.717, 1.165) is 37.1 Å². The fourth-order valence-corrected chi connectivity index (χ4v) is 3.42. The largest absolute Gasteiger partial charge is 0.314 e. The highest BCUT2D eigenvalue weighted by Gasteiger charge is 2.22. The zero-order valence-electron chi connectivity index (χ0n) is 12.1. The molecule has 1 atom stereocenters. The molecule has 2 aromatic rings. The number of hydrogen-bond acceptors (Lipinski definition) is 2. The quantitative estimate of drug-likeness (QED) is 0.913. The van der Waals surface area contributed by atoms with Crippen molar-refractivity contribution in [2.75, 3.05) is 19.6 Å². The van der Waals surface area contributed by atoms with E-state index in [1.165, 1.54) is 11.1 Å². The van der Waals surface area contributed by atoms with Crippen LogP contribution in [0.3, 0.4) is 0 Å². The molecule has 0 aliphatic carbocycles. The van der Waals surface area contributed by atoms with Gasteiger partial charge in [0.15, 0.2) is 0 Å². The highest BCUT2D eigenvalue weighted by molar-refractivity contribution is 9.10. The molecule has 0 amide bonds. The van der Waals surface area contributed by atoms with Gasteiger partial charge < -0.3 is 5.32 Å². The van der Waals surface area contributed by atoms with Gasteiger partial charge in [0.1, 0.15) is 0 Å². The van der Waals surface area contributed by atoms with Crippen molar-refractivity contribution in [3.63, 3.8) is 0 Å². The molecule has 1 N–H and O–H groups in total. The van der Waals surface area contributed by atoms with Crippen molar-refractivity contribution in [1.29, 1.82) is 0 Å². The van der Waals surface area contributed by atoms with E-state index in [-0.39, 0.29) is 0 Å². The molecule has 1 fully saturated rings. The number of nitrogens with zero attached hydrogens (tertiary/aromatic N) is 1. The summed E-state index contributed by atoms with van der Waals surface area (Å²) in [5.74, 6) is 0. The lowest BCUT2D eigenvalue weighted by molar-refractivity contribution is 0.152. The average Bonchev–Trinajstić information content (AvgIpc) is 2.50. The fraction of sp³-hybridized carbons (Fsp3) is 0.333. The summed E-state index contributed by atoms with van der Waals surface area (Å²) in [4.78, 5) is 2.60. The van der Waals surface area contributed by atoms with E-state index in [0.29, 0.717) is 6.04 Å². The van der Waals surface area contributed by atoms with Crippen LogP contribution in [0.4, 0.5) is 0 Å². The first-order valence-electron chi connectivity index (χ1n) is 7.54. The van der Waals surface area contributed by atoms with Crippen molar-refractivity contribution in [1.82, 2.24) is 10.2 Å². The van der Waals surface area contributed by atoms with Crippen molar-refractivity contribution in [3.05, 3.63) is 70.2 Å². The van der Waals surface area contributed by atoms with Gasteiger partial charge in [0.05, 0.1) is 0 Å². The molecule has 3 rings (SSSR count). The van der Waals surface area contributed by atoms with E-state index in [9.17, 15) is 0 Å². The van der Waals surface area contributed by atoms with Crippen molar-refractivity contribution in [2.24, 2.45) is 0 Å². The third-order valence-electron chi connectivity index (χ3n) is 4.06. The molecule has 1 unspecified atom stereocenters. The van der Waals surface area contributed by atoms with Crippen LogP contribution in [0.25, 0.3) is 0 Å². The first-order chi connectivity index (χ1) is 10.3.